The van der Waals surface area contributed by atoms with Crippen LogP contribution in [0.5, 0.6) is 5.75 Å². The number of anilines is 2. The van der Waals surface area contributed by atoms with Gasteiger partial charge in [-0.25, -0.2) is 14.3 Å². The van der Waals surface area contributed by atoms with Crippen LogP contribution >= 0.6 is 11.8 Å². The minimum Gasteiger partial charge on any atom is -0.464 e. The largest absolute Gasteiger partial charge is 0.464 e. The van der Waals surface area contributed by atoms with Crippen molar-refractivity contribution in [3.8, 4) is 17.0 Å². The Morgan fingerprint density at radius 1 is 1.35 bits per heavy atom. The van der Waals surface area contributed by atoms with Crippen molar-refractivity contribution in [2.75, 3.05) is 29.5 Å². The van der Waals surface area contributed by atoms with Gasteiger partial charge in [0.05, 0.1) is 30.4 Å². The quantitative estimate of drug-likeness (QED) is 0.363. The topological polar surface area (TPSA) is 125 Å². The van der Waals surface area contributed by atoms with Crippen LogP contribution in [0.3, 0.4) is 0 Å². The third-order valence-electron chi connectivity index (χ3n) is 5.96. The first-order valence-corrected chi connectivity index (χ1v) is 12.3. The molecule has 5 heterocycles. The van der Waals surface area contributed by atoms with Crippen LogP contribution in [0.2, 0.25) is 0 Å². The molecule has 1 fully saturated rings. The molecule has 2 aliphatic rings. The van der Waals surface area contributed by atoms with Gasteiger partial charge in [-0.1, -0.05) is 0 Å². The highest BCUT2D eigenvalue weighted by atomic mass is 32.2. The summed E-state index contributed by atoms with van der Waals surface area (Å²) < 4.78 is 39.5. The van der Waals surface area contributed by atoms with Crippen LogP contribution in [0.15, 0.2) is 47.9 Å². The summed E-state index contributed by atoms with van der Waals surface area (Å²) in [6, 6.07) is 4.15. The first kappa shape index (κ1) is 23.2. The summed E-state index contributed by atoms with van der Waals surface area (Å²) in [6.07, 6.45) is 6.44. The van der Waals surface area contributed by atoms with Crippen LogP contribution in [0.4, 0.5) is 20.2 Å². The SMILES string of the molecule is O=C(Nc1cn(C2CCOC2=O)nc1-c1cc2c(cc1OC(F)F)NCCS2)c1cnn2cccnc12. The van der Waals surface area contributed by atoms with E-state index in [9.17, 15) is 18.4 Å². The van der Waals surface area contributed by atoms with E-state index in [2.05, 4.69) is 25.8 Å². The zero-order valence-electron chi connectivity index (χ0n) is 19.1. The van der Waals surface area contributed by atoms with E-state index in [1.54, 1.807) is 30.1 Å². The van der Waals surface area contributed by atoms with Crippen molar-refractivity contribution in [1.29, 1.82) is 0 Å². The Bertz CT molecular complexity index is 1520. The molecule has 0 bridgehead atoms. The van der Waals surface area contributed by atoms with E-state index in [4.69, 9.17) is 9.47 Å². The van der Waals surface area contributed by atoms with Gasteiger partial charge in [-0.15, -0.1) is 11.8 Å². The predicted octanol–water partition coefficient (Wildman–Crippen LogP) is 3.45. The Morgan fingerprint density at radius 3 is 3.05 bits per heavy atom. The highest BCUT2D eigenvalue weighted by Gasteiger charge is 2.32. The van der Waals surface area contributed by atoms with Gasteiger partial charge in [-0.2, -0.15) is 19.0 Å². The molecule has 0 saturated carbocycles. The molecule has 1 unspecified atom stereocenters. The molecule has 0 spiro atoms. The number of amides is 1. The number of hydrogen-bond acceptors (Lipinski definition) is 9. The van der Waals surface area contributed by atoms with Gasteiger partial charge in [0.2, 0.25) is 0 Å². The Morgan fingerprint density at radius 2 is 2.24 bits per heavy atom. The van der Waals surface area contributed by atoms with Crippen LogP contribution in [-0.2, 0) is 9.53 Å². The Hall–Kier alpha value is -4.20. The number of rotatable bonds is 6. The van der Waals surface area contributed by atoms with E-state index in [0.29, 0.717) is 24.3 Å². The predicted molar refractivity (Wildman–Crippen MR) is 129 cm³/mol. The number of thioether (sulfide) groups is 1. The van der Waals surface area contributed by atoms with Crippen molar-refractivity contribution < 1.29 is 27.8 Å². The maximum Gasteiger partial charge on any atom is 0.387 e. The van der Waals surface area contributed by atoms with Gasteiger partial charge in [0.25, 0.3) is 5.91 Å². The summed E-state index contributed by atoms with van der Waals surface area (Å²) >= 11 is 1.56. The summed E-state index contributed by atoms with van der Waals surface area (Å²) in [6.45, 7) is -2.17. The molecule has 37 heavy (non-hydrogen) atoms. The molecule has 6 rings (SSSR count). The number of halogens is 2. The van der Waals surface area contributed by atoms with E-state index in [-0.39, 0.29) is 34.9 Å². The highest BCUT2D eigenvalue weighted by Crippen LogP contribution is 2.43. The second-order valence-electron chi connectivity index (χ2n) is 8.24. The molecule has 1 amide bonds. The van der Waals surface area contributed by atoms with Crippen molar-refractivity contribution in [2.45, 2.75) is 24.0 Å². The highest BCUT2D eigenvalue weighted by molar-refractivity contribution is 7.99. The van der Waals surface area contributed by atoms with Crippen LogP contribution in [0, 0.1) is 0 Å². The van der Waals surface area contributed by atoms with Crippen LogP contribution in [-0.4, -0.2) is 61.8 Å². The molecule has 0 aliphatic carbocycles. The molecule has 1 atom stereocenters. The maximum absolute atomic E-state index is 13.4. The monoisotopic (exact) mass is 527 g/mol. The number of fused-ring (bicyclic) bond motifs is 2. The average Bonchev–Trinajstić information content (AvgIpc) is 3.61. The summed E-state index contributed by atoms with van der Waals surface area (Å²) in [7, 11) is 0. The van der Waals surface area contributed by atoms with E-state index in [1.807, 2.05) is 0 Å². The molecule has 14 heteroatoms. The minimum atomic E-state index is -3.08. The number of alkyl halides is 2. The fourth-order valence-electron chi connectivity index (χ4n) is 4.29. The Labute approximate surface area is 212 Å². The molecular formula is C23H19F2N7O4S. The average molecular weight is 528 g/mol. The zero-order chi connectivity index (χ0) is 25.5. The zero-order valence-corrected chi connectivity index (χ0v) is 19.9. The van der Waals surface area contributed by atoms with Gasteiger partial charge in [0, 0.05) is 47.6 Å². The standard InChI is InChI=1S/C23H19F2N7O4S/c24-23(25)36-17-9-14-18(37-7-4-26-14)8-12(17)19-15(11-32(30-19)16-2-6-35-22(16)34)29-21(33)13-10-28-31-5-1-3-27-20(13)31/h1,3,5,8-11,16,23,26H,2,4,6-7H2,(H,29,33). The number of aromatic nitrogens is 5. The molecule has 1 aromatic carbocycles. The molecular weight excluding hydrogens is 508 g/mol. The van der Waals surface area contributed by atoms with Crippen LogP contribution in [0.25, 0.3) is 16.9 Å². The van der Waals surface area contributed by atoms with Gasteiger partial charge >= 0.3 is 12.6 Å². The van der Waals surface area contributed by atoms with Crippen LogP contribution < -0.4 is 15.4 Å². The molecule has 1 saturated heterocycles. The fourth-order valence-corrected chi connectivity index (χ4v) is 5.20. The molecule has 3 aromatic heterocycles. The third kappa shape index (κ3) is 4.33. The van der Waals surface area contributed by atoms with Crippen molar-refractivity contribution in [3.05, 3.63) is 48.5 Å². The molecule has 11 nitrogen and oxygen atoms in total. The normalized spacial score (nSPS) is 16.9. The smallest absolute Gasteiger partial charge is 0.387 e. The summed E-state index contributed by atoms with van der Waals surface area (Å²) in [4.78, 5) is 30.6. The van der Waals surface area contributed by atoms with Crippen molar-refractivity contribution in [2.24, 2.45) is 0 Å². The van der Waals surface area contributed by atoms with Gasteiger partial charge in [0.1, 0.15) is 17.0 Å². The Balaban J connectivity index is 1.46. The number of cyclic esters (lactones) is 1. The van der Waals surface area contributed by atoms with E-state index in [1.165, 1.54) is 33.9 Å². The van der Waals surface area contributed by atoms with Crippen molar-refractivity contribution in [3.63, 3.8) is 0 Å². The number of benzene rings is 1. The first-order chi connectivity index (χ1) is 18.0. The second kappa shape index (κ2) is 9.35. The number of carbonyl (C=O) groups is 2. The lowest BCUT2D eigenvalue weighted by Crippen LogP contribution is -2.15. The third-order valence-corrected chi connectivity index (χ3v) is 7.02. The lowest BCUT2D eigenvalue weighted by atomic mass is 10.1. The lowest BCUT2D eigenvalue weighted by molar-refractivity contribution is -0.140. The second-order valence-corrected chi connectivity index (χ2v) is 9.38. The van der Waals surface area contributed by atoms with Gasteiger partial charge in [-0.3, -0.25) is 9.48 Å². The lowest BCUT2D eigenvalue weighted by Gasteiger charge is -2.20. The first-order valence-electron chi connectivity index (χ1n) is 11.3. The van der Waals surface area contributed by atoms with E-state index in [0.717, 1.165) is 10.6 Å². The van der Waals surface area contributed by atoms with E-state index >= 15 is 0 Å². The number of esters is 1. The maximum atomic E-state index is 13.4. The molecule has 2 aliphatic heterocycles. The summed E-state index contributed by atoms with van der Waals surface area (Å²) in [5.41, 5.74) is 1.82. The van der Waals surface area contributed by atoms with Crippen molar-refractivity contribution in [1.82, 2.24) is 24.4 Å². The minimum absolute atomic E-state index is 0.115. The summed E-state index contributed by atoms with van der Waals surface area (Å²) in [5, 5.41) is 14.6. The van der Waals surface area contributed by atoms with Crippen LogP contribution in [0.1, 0.15) is 22.8 Å². The number of hydrogen-bond donors (Lipinski definition) is 2. The Kier molecular flexibility index (Phi) is 5.87. The number of ether oxygens (including phenoxy) is 2. The number of nitrogens with one attached hydrogen (secondary N) is 2. The van der Waals surface area contributed by atoms with Crippen molar-refractivity contribution >= 4 is 40.7 Å². The number of carbonyl (C=O) groups excluding carboxylic acids is 2. The van der Waals surface area contributed by atoms with Gasteiger partial charge in [0.15, 0.2) is 11.7 Å². The molecule has 0 radical (unpaired) electrons. The van der Waals surface area contributed by atoms with E-state index < -0.39 is 24.5 Å². The number of nitrogens with zero attached hydrogens (tertiary/aromatic N) is 5. The molecule has 190 valence electrons. The molecule has 4 aromatic rings. The van der Waals surface area contributed by atoms with Gasteiger partial charge < -0.3 is 20.1 Å². The molecule has 2 N–H and O–H groups in total. The fraction of sp³-hybridized carbons (Fsp3) is 0.261. The van der Waals surface area contributed by atoms with Gasteiger partial charge in [-0.05, 0) is 12.1 Å². The summed E-state index contributed by atoms with van der Waals surface area (Å²) in [5.74, 6) is -0.326.